The van der Waals surface area contributed by atoms with Crippen LogP contribution in [0.5, 0.6) is 0 Å². The van der Waals surface area contributed by atoms with Crippen LogP contribution in [-0.4, -0.2) is 11.6 Å². The van der Waals surface area contributed by atoms with Crippen molar-refractivity contribution in [3.8, 4) is 0 Å². The maximum Gasteiger partial charge on any atom is 0.243 e. The average Bonchev–Trinajstić information content (AvgIpc) is 3.10. The lowest BCUT2D eigenvalue weighted by atomic mass is 9.89. The van der Waals surface area contributed by atoms with Crippen LogP contribution in [0.1, 0.15) is 51.9 Å². The lowest BCUT2D eigenvalue weighted by Gasteiger charge is -2.19. The average molecular weight is 208 g/mol. The van der Waals surface area contributed by atoms with Gasteiger partial charge in [-0.25, -0.2) is 5.43 Å². The maximum absolute atomic E-state index is 11.7. The van der Waals surface area contributed by atoms with Crippen molar-refractivity contribution in [3.05, 3.63) is 0 Å². The van der Waals surface area contributed by atoms with Gasteiger partial charge in [0.25, 0.3) is 0 Å². The van der Waals surface area contributed by atoms with Crippen LogP contribution in [-0.2, 0) is 4.79 Å². The van der Waals surface area contributed by atoms with Gasteiger partial charge < -0.3 is 0 Å². The van der Waals surface area contributed by atoms with E-state index < -0.39 is 0 Å². The highest BCUT2D eigenvalue weighted by Crippen LogP contribution is 2.30. The van der Waals surface area contributed by atoms with Gasteiger partial charge in [-0.3, -0.25) is 4.79 Å². The number of nitrogens with zero attached hydrogens (tertiary/aromatic N) is 1. The number of hydrogen-bond acceptors (Lipinski definition) is 2. The largest absolute Gasteiger partial charge is 0.273 e. The zero-order valence-electron chi connectivity index (χ0n) is 9.46. The third-order valence-electron chi connectivity index (χ3n) is 3.49. The number of rotatable bonds is 3. The van der Waals surface area contributed by atoms with Crippen LogP contribution < -0.4 is 5.43 Å². The molecule has 2 saturated carbocycles. The molecular formula is C12H20N2O. The molecule has 2 rings (SSSR count). The molecule has 0 aromatic heterocycles. The maximum atomic E-state index is 11.7. The molecule has 15 heavy (non-hydrogen) atoms. The van der Waals surface area contributed by atoms with E-state index in [1.807, 2.05) is 6.92 Å². The summed E-state index contributed by atoms with van der Waals surface area (Å²) in [6.45, 7) is 2.01. The van der Waals surface area contributed by atoms with E-state index in [4.69, 9.17) is 0 Å². The van der Waals surface area contributed by atoms with E-state index in [0.29, 0.717) is 5.92 Å². The van der Waals surface area contributed by atoms with E-state index in [-0.39, 0.29) is 11.8 Å². The first kappa shape index (κ1) is 10.7. The molecule has 3 nitrogen and oxygen atoms in total. The smallest absolute Gasteiger partial charge is 0.243 e. The van der Waals surface area contributed by atoms with Crippen molar-refractivity contribution in [2.45, 2.75) is 51.9 Å². The molecule has 0 bridgehead atoms. The Labute approximate surface area is 91.3 Å². The number of carbonyl (C=O) groups excluding carboxylic acids is 1. The van der Waals surface area contributed by atoms with Crippen LogP contribution in [0.3, 0.4) is 0 Å². The minimum absolute atomic E-state index is 0.134. The predicted molar refractivity (Wildman–Crippen MR) is 60.6 cm³/mol. The number of hydrazone groups is 1. The Morgan fingerprint density at radius 3 is 2.33 bits per heavy atom. The lowest BCUT2D eigenvalue weighted by molar-refractivity contribution is -0.125. The summed E-state index contributed by atoms with van der Waals surface area (Å²) in [5.74, 6) is 1.00. The van der Waals surface area contributed by atoms with E-state index >= 15 is 0 Å². The van der Waals surface area contributed by atoms with Crippen molar-refractivity contribution in [2.75, 3.05) is 0 Å². The normalized spacial score (nSPS) is 23.9. The first-order valence-electron chi connectivity index (χ1n) is 6.11. The quantitative estimate of drug-likeness (QED) is 0.562. The van der Waals surface area contributed by atoms with Crippen LogP contribution in [0.4, 0.5) is 0 Å². The van der Waals surface area contributed by atoms with Crippen LogP contribution in [0.15, 0.2) is 5.10 Å². The highest BCUT2D eigenvalue weighted by molar-refractivity contribution is 5.88. The van der Waals surface area contributed by atoms with Gasteiger partial charge in [-0.1, -0.05) is 19.3 Å². The second kappa shape index (κ2) is 4.77. The lowest BCUT2D eigenvalue weighted by Crippen LogP contribution is -2.29. The molecule has 2 aliphatic carbocycles. The van der Waals surface area contributed by atoms with Gasteiger partial charge in [0.2, 0.25) is 5.91 Å². The first-order chi connectivity index (χ1) is 7.27. The molecular weight excluding hydrogens is 188 g/mol. The predicted octanol–water partition coefficient (Wildman–Crippen LogP) is 2.47. The summed E-state index contributed by atoms with van der Waals surface area (Å²) < 4.78 is 0. The number of nitrogens with one attached hydrogen (secondary N) is 1. The first-order valence-corrected chi connectivity index (χ1v) is 6.11. The summed E-state index contributed by atoms with van der Waals surface area (Å²) in [5.41, 5.74) is 3.82. The van der Waals surface area contributed by atoms with Crippen LogP contribution >= 0.6 is 0 Å². The Balaban J connectivity index is 1.77. The van der Waals surface area contributed by atoms with Gasteiger partial charge in [0.1, 0.15) is 0 Å². The molecule has 3 heteroatoms. The van der Waals surface area contributed by atoms with Gasteiger partial charge >= 0.3 is 0 Å². The van der Waals surface area contributed by atoms with Gasteiger partial charge in [-0.05, 0) is 38.5 Å². The zero-order chi connectivity index (χ0) is 10.7. The fourth-order valence-electron chi connectivity index (χ4n) is 2.19. The van der Waals surface area contributed by atoms with Crippen LogP contribution in [0.2, 0.25) is 0 Å². The number of amides is 1. The Morgan fingerprint density at radius 1 is 1.07 bits per heavy atom. The Hall–Kier alpha value is -0.860. The third-order valence-corrected chi connectivity index (χ3v) is 3.49. The third kappa shape index (κ3) is 3.05. The molecule has 0 aromatic rings. The van der Waals surface area contributed by atoms with Gasteiger partial charge in [0, 0.05) is 11.6 Å². The molecule has 1 amide bonds. The Morgan fingerprint density at radius 2 is 1.73 bits per heavy atom. The highest BCUT2D eigenvalue weighted by Gasteiger charge is 2.25. The Bertz CT molecular complexity index is 263. The van der Waals surface area contributed by atoms with Gasteiger partial charge in [0.05, 0.1) is 0 Å². The molecule has 0 aromatic carbocycles. The summed E-state index contributed by atoms with van der Waals surface area (Å²) in [5, 5.41) is 4.18. The van der Waals surface area contributed by atoms with E-state index in [2.05, 4.69) is 10.5 Å². The van der Waals surface area contributed by atoms with E-state index in [1.165, 1.54) is 32.1 Å². The molecule has 0 heterocycles. The summed E-state index contributed by atoms with van der Waals surface area (Å²) in [6.07, 6.45) is 8.26. The molecule has 0 unspecified atom stereocenters. The second-order valence-corrected chi connectivity index (χ2v) is 4.84. The van der Waals surface area contributed by atoms with Gasteiger partial charge in [-0.2, -0.15) is 5.10 Å². The van der Waals surface area contributed by atoms with Crippen molar-refractivity contribution in [2.24, 2.45) is 16.9 Å². The van der Waals surface area contributed by atoms with Crippen molar-refractivity contribution < 1.29 is 4.79 Å². The van der Waals surface area contributed by atoms with Crippen molar-refractivity contribution in [3.63, 3.8) is 0 Å². The fraction of sp³-hybridized carbons (Fsp3) is 0.833. The topological polar surface area (TPSA) is 41.5 Å². The van der Waals surface area contributed by atoms with Crippen molar-refractivity contribution in [1.29, 1.82) is 0 Å². The standard InChI is InChI=1S/C12H20N2O/c1-9(10-7-8-10)13-14-12(15)11-5-3-2-4-6-11/h10-11H,2-8H2,1H3,(H,14,15)/b13-9-. The molecule has 2 aliphatic rings. The molecule has 1 N–H and O–H groups in total. The fourth-order valence-corrected chi connectivity index (χ4v) is 2.19. The molecule has 0 radical (unpaired) electrons. The molecule has 0 spiro atoms. The zero-order valence-corrected chi connectivity index (χ0v) is 9.46. The van der Waals surface area contributed by atoms with Crippen LogP contribution in [0, 0.1) is 11.8 Å². The van der Waals surface area contributed by atoms with Crippen LogP contribution in [0.25, 0.3) is 0 Å². The van der Waals surface area contributed by atoms with Crippen molar-refractivity contribution >= 4 is 11.6 Å². The summed E-state index contributed by atoms with van der Waals surface area (Å²) in [4.78, 5) is 11.7. The minimum Gasteiger partial charge on any atom is -0.273 e. The molecule has 2 fully saturated rings. The molecule has 0 atom stereocenters. The summed E-state index contributed by atoms with van der Waals surface area (Å²) in [6, 6.07) is 0. The van der Waals surface area contributed by atoms with Gasteiger partial charge in [0.15, 0.2) is 0 Å². The molecule has 0 aliphatic heterocycles. The molecule has 0 saturated heterocycles. The summed E-state index contributed by atoms with van der Waals surface area (Å²) in [7, 11) is 0. The van der Waals surface area contributed by atoms with E-state index in [0.717, 1.165) is 18.6 Å². The Kier molecular flexibility index (Phi) is 3.39. The number of carbonyl (C=O) groups is 1. The molecule has 84 valence electrons. The second-order valence-electron chi connectivity index (χ2n) is 4.84. The number of hydrogen-bond donors (Lipinski definition) is 1. The van der Waals surface area contributed by atoms with E-state index in [9.17, 15) is 4.79 Å². The minimum atomic E-state index is 0.134. The van der Waals surface area contributed by atoms with Gasteiger partial charge in [-0.15, -0.1) is 0 Å². The van der Waals surface area contributed by atoms with Crippen molar-refractivity contribution in [1.82, 2.24) is 5.43 Å². The van der Waals surface area contributed by atoms with E-state index in [1.54, 1.807) is 0 Å². The summed E-state index contributed by atoms with van der Waals surface area (Å²) >= 11 is 0. The SMILES string of the molecule is C/C(=N/NC(=O)C1CCCCC1)C1CC1. The monoisotopic (exact) mass is 208 g/mol. The highest BCUT2D eigenvalue weighted by atomic mass is 16.2.